The normalized spacial score (nSPS) is 10.4. The average Bonchev–Trinajstić information content (AvgIpc) is 2.68. The second-order valence-electron chi connectivity index (χ2n) is 6.48. The van der Waals surface area contributed by atoms with Crippen molar-refractivity contribution in [2.45, 2.75) is 13.8 Å². The van der Waals surface area contributed by atoms with Gasteiger partial charge in [0.2, 0.25) is 0 Å². The Bertz CT molecular complexity index is 1030. The molecule has 0 heterocycles. The number of amides is 3. The van der Waals surface area contributed by atoms with Crippen LogP contribution >= 0.6 is 0 Å². The topological polar surface area (TPSA) is 76.7 Å². The van der Waals surface area contributed by atoms with Crippen LogP contribution in [0.5, 0.6) is 11.5 Å². The fourth-order valence-corrected chi connectivity index (χ4v) is 2.84. The van der Waals surface area contributed by atoms with Crippen LogP contribution in [0.2, 0.25) is 0 Å². The number of ether oxygens (including phenoxy) is 2. The van der Waals surface area contributed by atoms with Crippen LogP contribution in [0.3, 0.4) is 0 Å². The van der Waals surface area contributed by atoms with Gasteiger partial charge < -0.3 is 14.8 Å². The summed E-state index contributed by atoms with van der Waals surface area (Å²) in [5.74, 6) is 0.740. The number of fused-ring (bicyclic) bond motifs is 1. The van der Waals surface area contributed by atoms with Crippen molar-refractivity contribution in [3.8, 4) is 11.5 Å². The molecule has 2 N–H and O–H groups in total. The van der Waals surface area contributed by atoms with Crippen LogP contribution in [0.1, 0.15) is 11.1 Å². The van der Waals surface area contributed by atoms with E-state index in [2.05, 4.69) is 10.6 Å². The third kappa shape index (κ3) is 4.79. The summed E-state index contributed by atoms with van der Waals surface area (Å²) in [6.45, 7) is 3.60. The van der Waals surface area contributed by atoms with Gasteiger partial charge in [0.25, 0.3) is 5.91 Å². The van der Waals surface area contributed by atoms with E-state index in [4.69, 9.17) is 9.47 Å². The number of rotatable bonds is 5. The molecule has 0 atom stereocenters. The number of carbonyl (C=O) groups excluding carboxylic acids is 2. The van der Waals surface area contributed by atoms with Gasteiger partial charge in [-0.3, -0.25) is 10.1 Å². The van der Waals surface area contributed by atoms with E-state index in [-0.39, 0.29) is 6.61 Å². The van der Waals surface area contributed by atoms with Gasteiger partial charge in [-0.15, -0.1) is 0 Å². The molecule has 0 aromatic heterocycles. The van der Waals surface area contributed by atoms with Crippen LogP contribution in [-0.4, -0.2) is 25.7 Å². The van der Waals surface area contributed by atoms with Crippen LogP contribution in [0.25, 0.3) is 10.8 Å². The number of hydrogen-bond acceptors (Lipinski definition) is 4. The summed E-state index contributed by atoms with van der Waals surface area (Å²) in [6.07, 6.45) is 0. The zero-order valence-electron chi connectivity index (χ0n) is 16.0. The quantitative estimate of drug-likeness (QED) is 0.698. The molecule has 28 heavy (non-hydrogen) atoms. The molecule has 3 amide bonds. The average molecular weight is 378 g/mol. The second-order valence-corrected chi connectivity index (χ2v) is 6.48. The highest BCUT2D eigenvalue weighted by Crippen LogP contribution is 2.25. The van der Waals surface area contributed by atoms with Crippen LogP contribution in [0.4, 0.5) is 10.5 Å². The maximum Gasteiger partial charge on any atom is 0.325 e. The Balaban J connectivity index is 1.56. The summed E-state index contributed by atoms with van der Waals surface area (Å²) in [6, 6.07) is 16.3. The lowest BCUT2D eigenvalue weighted by molar-refractivity contribution is -0.121. The van der Waals surface area contributed by atoms with Gasteiger partial charge in [-0.2, -0.15) is 0 Å². The number of anilines is 1. The van der Waals surface area contributed by atoms with Gasteiger partial charge in [-0.1, -0.05) is 29.8 Å². The second kappa shape index (κ2) is 8.43. The van der Waals surface area contributed by atoms with E-state index in [1.807, 2.05) is 56.3 Å². The number of aryl methyl sites for hydroxylation is 2. The van der Waals surface area contributed by atoms with E-state index in [9.17, 15) is 9.59 Å². The highest BCUT2D eigenvalue weighted by molar-refractivity contribution is 6.02. The molecule has 6 heteroatoms. The van der Waals surface area contributed by atoms with E-state index in [0.29, 0.717) is 11.4 Å². The number of carbonyl (C=O) groups is 2. The van der Waals surface area contributed by atoms with Gasteiger partial charge in [0.05, 0.1) is 7.11 Å². The van der Waals surface area contributed by atoms with Crippen molar-refractivity contribution in [1.29, 1.82) is 0 Å². The van der Waals surface area contributed by atoms with Crippen LogP contribution in [0, 0.1) is 13.8 Å². The predicted molar refractivity (Wildman–Crippen MR) is 109 cm³/mol. The number of nitrogens with one attached hydrogen (secondary N) is 2. The molecule has 0 saturated carbocycles. The third-order valence-electron chi connectivity index (χ3n) is 4.27. The standard InChI is InChI=1S/C22H22N2O4/c1-14-4-9-20(15(2)10-14)23-22(26)24-21(25)13-28-19-8-6-16-5-7-18(27-3)11-17(16)12-19/h4-12H,13H2,1-3H3,(H2,23,24,25,26). The van der Waals surface area contributed by atoms with Crippen molar-refractivity contribution < 1.29 is 19.1 Å². The number of methoxy groups -OCH3 is 1. The number of hydrogen-bond donors (Lipinski definition) is 2. The molecule has 0 unspecified atom stereocenters. The summed E-state index contributed by atoms with van der Waals surface area (Å²) in [7, 11) is 1.61. The fraction of sp³-hybridized carbons (Fsp3) is 0.182. The molecule has 6 nitrogen and oxygen atoms in total. The van der Waals surface area contributed by atoms with Crippen LogP contribution in [-0.2, 0) is 4.79 Å². The first kappa shape index (κ1) is 19.2. The van der Waals surface area contributed by atoms with E-state index < -0.39 is 11.9 Å². The van der Waals surface area contributed by atoms with Gasteiger partial charge in [0.15, 0.2) is 6.61 Å². The predicted octanol–water partition coefficient (Wildman–Crippen LogP) is 4.19. The molecule has 3 rings (SSSR count). The first-order valence-electron chi connectivity index (χ1n) is 8.83. The molecule has 3 aromatic rings. The summed E-state index contributed by atoms with van der Waals surface area (Å²) in [5.41, 5.74) is 2.67. The highest BCUT2D eigenvalue weighted by Gasteiger charge is 2.10. The zero-order chi connectivity index (χ0) is 20.1. The molecule has 0 aliphatic heterocycles. The Morgan fingerprint density at radius 1 is 0.893 bits per heavy atom. The maximum absolute atomic E-state index is 12.0. The molecule has 0 fully saturated rings. The molecule has 0 aliphatic carbocycles. The Hall–Kier alpha value is -3.54. The third-order valence-corrected chi connectivity index (χ3v) is 4.27. The minimum Gasteiger partial charge on any atom is -0.497 e. The Morgan fingerprint density at radius 2 is 1.61 bits per heavy atom. The molecule has 0 bridgehead atoms. The van der Waals surface area contributed by atoms with Gasteiger partial charge in [-0.25, -0.2) is 4.79 Å². The number of urea groups is 1. The van der Waals surface area contributed by atoms with Gasteiger partial charge in [0.1, 0.15) is 11.5 Å². The number of benzene rings is 3. The molecule has 0 radical (unpaired) electrons. The Kier molecular flexibility index (Phi) is 5.79. The lowest BCUT2D eigenvalue weighted by atomic mass is 10.1. The van der Waals surface area contributed by atoms with E-state index in [0.717, 1.165) is 27.6 Å². The van der Waals surface area contributed by atoms with Crippen molar-refractivity contribution in [2.24, 2.45) is 0 Å². The minimum absolute atomic E-state index is 0.268. The van der Waals surface area contributed by atoms with Crippen molar-refractivity contribution in [2.75, 3.05) is 19.0 Å². The first-order valence-corrected chi connectivity index (χ1v) is 8.83. The lowest BCUT2D eigenvalue weighted by Gasteiger charge is -2.11. The zero-order valence-corrected chi connectivity index (χ0v) is 16.0. The van der Waals surface area contributed by atoms with Crippen molar-refractivity contribution in [1.82, 2.24) is 5.32 Å². The summed E-state index contributed by atoms with van der Waals surface area (Å²) in [5, 5.41) is 6.89. The summed E-state index contributed by atoms with van der Waals surface area (Å²) < 4.78 is 10.7. The lowest BCUT2D eigenvalue weighted by Crippen LogP contribution is -2.37. The van der Waals surface area contributed by atoms with Gasteiger partial charge >= 0.3 is 6.03 Å². The minimum atomic E-state index is -0.594. The van der Waals surface area contributed by atoms with Crippen molar-refractivity contribution in [3.63, 3.8) is 0 Å². The van der Waals surface area contributed by atoms with E-state index in [1.54, 1.807) is 19.2 Å². The molecule has 3 aromatic carbocycles. The Morgan fingerprint density at radius 3 is 2.32 bits per heavy atom. The van der Waals surface area contributed by atoms with E-state index in [1.165, 1.54) is 0 Å². The molecule has 0 saturated heterocycles. The molecular formula is C22H22N2O4. The first-order chi connectivity index (χ1) is 13.4. The molecule has 0 spiro atoms. The highest BCUT2D eigenvalue weighted by atomic mass is 16.5. The fourth-order valence-electron chi connectivity index (χ4n) is 2.84. The summed E-state index contributed by atoms with van der Waals surface area (Å²) >= 11 is 0. The molecule has 144 valence electrons. The monoisotopic (exact) mass is 378 g/mol. The van der Waals surface area contributed by atoms with Crippen LogP contribution in [0.15, 0.2) is 54.6 Å². The van der Waals surface area contributed by atoms with Crippen molar-refractivity contribution >= 4 is 28.4 Å². The SMILES string of the molecule is COc1ccc2ccc(OCC(=O)NC(=O)Nc3ccc(C)cc3C)cc2c1. The largest absolute Gasteiger partial charge is 0.497 e. The van der Waals surface area contributed by atoms with E-state index >= 15 is 0 Å². The van der Waals surface area contributed by atoms with Crippen LogP contribution < -0.4 is 20.1 Å². The van der Waals surface area contributed by atoms with Crippen molar-refractivity contribution in [3.05, 3.63) is 65.7 Å². The molecule has 0 aliphatic rings. The number of imide groups is 1. The van der Waals surface area contributed by atoms with Gasteiger partial charge in [0, 0.05) is 5.69 Å². The van der Waals surface area contributed by atoms with Gasteiger partial charge in [-0.05, 0) is 60.5 Å². The molecular weight excluding hydrogens is 356 g/mol. The smallest absolute Gasteiger partial charge is 0.325 e. The Labute approximate surface area is 163 Å². The maximum atomic E-state index is 12.0. The summed E-state index contributed by atoms with van der Waals surface area (Å²) in [4.78, 5) is 24.0.